The van der Waals surface area contributed by atoms with Crippen molar-refractivity contribution in [3.8, 4) is 11.8 Å². The maximum Gasteiger partial charge on any atom is 0.573 e. The number of halogens is 3. The van der Waals surface area contributed by atoms with Crippen LogP contribution in [0.1, 0.15) is 42.0 Å². The van der Waals surface area contributed by atoms with Crippen LogP contribution in [0, 0.1) is 18.3 Å². The molecule has 1 heterocycles. The van der Waals surface area contributed by atoms with Crippen molar-refractivity contribution in [3.05, 3.63) is 94.7 Å². The summed E-state index contributed by atoms with van der Waals surface area (Å²) in [7, 11) is 0. The Morgan fingerprint density at radius 1 is 1.13 bits per heavy atom. The van der Waals surface area contributed by atoms with Gasteiger partial charge in [0.25, 0.3) is 0 Å². The zero-order chi connectivity index (χ0) is 33.4. The predicted octanol–water partition coefficient (Wildman–Crippen LogP) is 6.79. The second-order valence-corrected chi connectivity index (χ2v) is 11.1. The van der Waals surface area contributed by atoms with Gasteiger partial charge in [0.15, 0.2) is 5.17 Å². The van der Waals surface area contributed by atoms with Gasteiger partial charge in [-0.25, -0.2) is 14.8 Å². The van der Waals surface area contributed by atoms with E-state index in [4.69, 9.17) is 5.73 Å². The third-order valence-electron chi connectivity index (χ3n) is 6.36. The summed E-state index contributed by atoms with van der Waals surface area (Å²) in [5, 5.41) is 12.3. The van der Waals surface area contributed by atoms with E-state index in [0.717, 1.165) is 41.4 Å². The summed E-state index contributed by atoms with van der Waals surface area (Å²) < 4.78 is 40.7. The molecule has 10 nitrogen and oxygen atoms in total. The van der Waals surface area contributed by atoms with Crippen molar-refractivity contribution in [3.63, 3.8) is 0 Å². The quantitative estimate of drug-likeness (QED) is 0.156. The standard InChI is InChI=1S/C32H28F3N7O3S/c1-19(2)26-13-4-20(3)14-27(26)42-28(43)17-46-31(42)41-30(44)40-24(16-36)15-21-5-7-22(8-6-21)29(37)39-18-38-23-9-11-25(12-10-23)45-32(33,34)35/h4-15,18-19H,17H2,1-3H3,(H,40,44)(H2,37,38,39)/b24-15+,41-31?. The highest BCUT2D eigenvalue weighted by atomic mass is 32.2. The molecule has 1 saturated heterocycles. The molecule has 0 unspecified atom stereocenters. The van der Waals surface area contributed by atoms with E-state index in [0.29, 0.717) is 22.5 Å². The molecule has 0 aromatic heterocycles. The Kier molecular flexibility index (Phi) is 10.6. The number of carbonyl (C=O) groups is 2. The van der Waals surface area contributed by atoms with Gasteiger partial charge in [-0.1, -0.05) is 62.0 Å². The van der Waals surface area contributed by atoms with E-state index in [9.17, 15) is 28.0 Å². The molecule has 46 heavy (non-hydrogen) atoms. The first-order valence-corrected chi connectivity index (χ1v) is 14.7. The summed E-state index contributed by atoms with van der Waals surface area (Å²) in [5.74, 6) is -0.178. The maximum atomic E-state index is 12.8. The minimum Gasteiger partial charge on any atom is -0.406 e. The van der Waals surface area contributed by atoms with Gasteiger partial charge in [0.05, 0.1) is 17.1 Å². The number of rotatable bonds is 8. The fourth-order valence-electron chi connectivity index (χ4n) is 4.23. The summed E-state index contributed by atoms with van der Waals surface area (Å²) in [5.41, 5.74) is 9.97. The number of hydrogen-bond acceptors (Lipinski definition) is 6. The van der Waals surface area contributed by atoms with Crippen LogP contribution in [0.4, 0.5) is 29.3 Å². The molecule has 236 valence electrons. The van der Waals surface area contributed by atoms with Crippen LogP contribution >= 0.6 is 11.8 Å². The molecule has 3 aromatic carbocycles. The SMILES string of the molecule is Cc1ccc(C(C)C)c(N2C(=O)CSC2=NC(=O)N/C(C#N)=C/c2ccc(C(N)=NC=Nc3ccc(OC(F)(F)F)cc3)cc2)c1. The summed E-state index contributed by atoms with van der Waals surface area (Å²) in [4.78, 5) is 39.2. The zero-order valence-corrected chi connectivity index (χ0v) is 25.7. The number of nitriles is 1. The number of amides is 3. The van der Waals surface area contributed by atoms with Crippen molar-refractivity contribution in [1.82, 2.24) is 5.32 Å². The van der Waals surface area contributed by atoms with E-state index in [1.807, 2.05) is 45.0 Å². The van der Waals surface area contributed by atoms with Gasteiger partial charge in [0.1, 0.15) is 29.7 Å². The first-order chi connectivity index (χ1) is 21.8. The normalized spacial score (nSPS) is 15.1. The number of hydrogen-bond donors (Lipinski definition) is 2. The monoisotopic (exact) mass is 647 g/mol. The smallest absolute Gasteiger partial charge is 0.406 e. The highest BCUT2D eigenvalue weighted by molar-refractivity contribution is 8.15. The second-order valence-electron chi connectivity index (χ2n) is 10.2. The number of ether oxygens (including phenoxy) is 1. The summed E-state index contributed by atoms with van der Waals surface area (Å²) >= 11 is 1.15. The van der Waals surface area contributed by atoms with E-state index < -0.39 is 12.4 Å². The Balaban J connectivity index is 1.42. The van der Waals surface area contributed by atoms with Gasteiger partial charge in [0, 0.05) is 5.56 Å². The number of urea groups is 1. The molecule has 3 N–H and O–H groups in total. The number of nitrogens with zero attached hydrogens (tertiary/aromatic N) is 5. The van der Waals surface area contributed by atoms with Crippen molar-refractivity contribution in [1.29, 1.82) is 5.26 Å². The van der Waals surface area contributed by atoms with Crippen molar-refractivity contribution in [2.75, 3.05) is 10.7 Å². The third kappa shape index (κ3) is 9.05. The number of benzene rings is 3. The number of aryl methyl sites for hydroxylation is 1. The van der Waals surface area contributed by atoms with Gasteiger partial charge < -0.3 is 10.5 Å². The number of aliphatic imine (C=N–C) groups is 3. The molecule has 0 spiro atoms. The minimum atomic E-state index is -4.78. The summed E-state index contributed by atoms with van der Waals surface area (Å²) in [6, 6.07) is 18.5. The van der Waals surface area contributed by atoms with Gasteiger partial charge >= 0.3 is 12.4 Å². The van der Waals surface area contributed by atoms with Crippen LogP contribution in [-0.4, -0.2) is 41.4 Å². The number of amidine groups is 2. The molecule has 3 amide bonds. The van der Waals surface area contributed by atoms with Crippen LogP contribution < -0.4 is 20.7 Å². The number of alkyl halides is 3. The molecular formula is C32H28F3N7O3S. The molecule has 0 radical (unpaired) electrons. The molecule has 0 saturated carbocycles. The third-order valence-corrected chi connectivity index (χ3v) is 7.29. The summed E-state index contributed by atoms with van der Waals surface area (Å²) in [6.07, 6.45) is -2.17. The lowest BCUT2D eigenvalue weighted by atomic mass is 9.99. The molecule has 1 aliphatic rings. The van der Waals surface area contributed by atoms with E-state index in [-0.39, 0.29) is 40.0 Å². The van der Waals surface area contributed by atoms with Gasteiger partial charge in [-0.15, -0.1) is 13.2 Å². The Morgan fingerprint density at radius 2 is 1.83 bits per heavy atom. The number of nitrogens with two attached hydrogens (primary N) is 1. The van der Waals surface area contributed by atoms with Crippen LogP contribution in [0.2, 0.25) is 0 Å². The highest BCUT2D eigenvalue weighted by Gasteiger charge is 2.33. The van der Waals surface area contributed by atoms with Crippen molar-refractivity contribution < 1.29 is 27.5 Å². The van der Waals surface area contributed by atoms with E-state index in [1.54, 1.807) is 24.3 Å². The number of thioether (sulfide) groups is 1. The zero-order valence-electron chi connectivity index (χ0n) is 24.9. The lowest BCUT2D eigenvalue weighted by Crippen LogP contribution is -2.32. The van der Waals surface area contributed by atoms with Crippen LogP contribution in [0.15, 0.2) is 87.4 Å². The maximum absolute atomic E-state index is 12.8. The fraction of sp³-hybridized carbons (Fsp3) is 0.188. The second kappa shape index (κ2) is 14.6. The van der Waals surface area contributed by atoms with E-state index in [1.165, 1.54) is 23.1 Å². The van der Waals surface area contributed by atoms with Gasteiger partial charge in [0.2, 0.25) is 5.91 Å². The Morgan fingerprint density at radius 3 is 2.46 bits per heavy atom. The average molecular weight is 648 g/mol. The number of carbonyl (C=O) groups excluding carboxylic acids is 2. The molecular weight excluding hydrogens is 619 g/mol. The molecule has 0 atom stereocenters. The largest absolute Gasteiger partial charge is 0.573 e. The average Bonchev–Trinajstić information content (AvgIpc) is 3.36. The lowest BCUT2D eigenvalue weighted by molar-refractivity contribution is -0.274. The predicted molar refractivity (Wildman–Crippen MR) is 173 cm³/mol. The van der Waals surface area contributed by atoms with Crippen LogP contribution in [-0.2, 0) is 4.79 Å². The van der Waals surface area contributed by atoms with Crippen LogP contribution in [0.5, 0.6) is 5.75 Å². The van der Waals surface area contributed by atoms with Crippen LogP contribution in [0.25, 0.3) is 6.08 Å². The Hall–Kier alpha value is -5.42. The molecule has 1 aliphatic heterocycles. The van der Waals surface area contributed by atoms with Crippen molar-refractivity contribution in [2.24, 2.45) is 20.7 Å². The fourth-order valence-corrected chi connectivity index (χ4v) is 5.08. The van der Waals surface area contributed by atoms with E-state index >= 15 is 0 Å². The molecule has 4 rings (SSSR count). The highest BCUT2D eigenvalue weighted by Crippen LogP contribution is 2.34. The van der Waals surface area contributed by atoms with Crippen LogP contribution in [0.3, 0.4) is 0 Å². The number of allylic oxidation sites excluding steroid dienone is 1. The molecule has 0 aliphatic carbocycles. The first-order valence-electron chi connectivity index (χ1n) is 13.7. The van der Waals surface area contributed by atoms with Crippen molar-refractivity contribution in [2.45, 2.75) is 33.1 Å². The number of anilines is 1. The topological polar surface area (TPSA) is 146 Å². The van der Waals surface area contributed by atoms with E-state index in [2.05, 4.69) is 25.0 Å². The number of nitrogens with one attached hydrogen (secondary N) is 1. The van der Waals surface area contributed by atoms with Crippen molar-refractivity contribution >= 4 is 58.5 Å². The van der Waals surface area contributed by atoms with Gasteiger partial charge in [-0.3, -0.25) is 15.0 Å². The molecule has 0 bridgehead atoms. The Labute approximate surface area is 267 Å². The molecule has 3 aromatic rings. The molecule has 14 heteroatoms. The molecule has 1 fully saturated rings. The lowest BCUT2D eigenvalue weighted by Gasteiger charge is -2.22. The first kappa shape index (κ1) is 33.5. The summed E-state index contributed by atoms with van der Waals surface area (Å²) in [6.45, 7) is 5.95. The van der Waals surface area contributed by atoms with Gasteiger partial charge in [-0.05, 0) is 65.9 Å². The van der Waals surface area contributed by atoms with Gasteiger partial charge in [-0.2, -0.15) is 10.3 Å². The minimum absolute atomic E-state index is 0.0678. The Bertz CT molecular complexity index is 1780.